The highest BCUT2D eigenvalue weighted by Gasteiger charge is 2.20. The molecule has 0 bridgehead atoms. The molecule has 0 spiro atoms. The fraction of sp³-hybridized carbons (Fsp3) is 0.167. The van der Waals surface area contributed by atoms with Gasteiger partial charge in [0.15, 0.2) is 0 Å². The molecule has 3 aromatic rings. The van der Waals surface area contributed by atoms with E-state index in [4.69, 9.17) is 4.74 Å². The number of carbonyl (C=O) groups excluding carboxylic acids is 2. The molecule has 5 nitrogen and oxygen atoms in total. The molecule has 3 aromatic carbocycles. The van der Waals surface area contributed by atoms with Crippen LogP contribution in [0.3, 0.4) is 0 Å². The molecule has 0 radical (unpaired) electrons. The second-order valence-corrected chi connectivity index (χ2v) is 6.51. The Labute approximate surface area is 170 Å². The van der Waals surface area contributed by atoms with Gasteiger partial charge < -0.3 is 15.0 Å². The predicted octanol–water partition coefficient (Wildman–Crippen LogP) is 4.29. The summed E-state index contributed by atoms with van der Waals surface area (Å²) in [6, 6.07) is 23.8. The van der Waals surface area contributed by atoms with E-state index in [1.54, 1.807) is 43.4 Å². The summed E-state index contributed by atoms with van der Waals surface area (Å²) in [5, 5.41) is 2.92. The molecule has 3 rings (SSSR count). The molecular formula is C24H24N2O3. The fourth-order valence-corrected chi connectivity index (χ4v) is 3.02. The Morgan fingerprint density at radius 3 is 2.41 bits per heavy atom. The summed E-state index contributed by atoms with van der Waals surface area (Å²) in [6.07, 6.45) is 0. The summed E-state index contributed by atoms with van der Waals surface area (Å²) in [5.41, 5.74) is 2.50. The number of nitrogens with zero attached hydrogens (tertiary/aromatic N) is 1. The number of hydrogen-bond donors (Lipinski definition) is 1. The predicted molar refractivity (Wildman–Crippen MR) is 114 cm³/mol. The van der Waals surface area contributed by atoms with Crippen molar-refractivity contribution >= 4 is 17.5 Å². The van der Waals surface area contributed by atoms with Gasteiger partial charge in [0.2, 0.25) is 0 Å². The topological polar surface area (TPSA) is 58.6 Å². The van der Waals surface area contributed by atoms with E-state index < -0.39 is 0 Å². The summed E-state index contributed by atoms with van der Waals surface area (Å²) in [4.78, 5) is 27.3. The maximum atomic E-state index is 13.0. The van der Waals surface area contributed by atoms with Gasteiger partial charge in [-0.1, -0.05) is 48.5 Å². The van der Waals surface area contributed by atoms with Crippen LogP contribution in [0.5, 0.6) is 5.75 Å². The SMILES string of the molecule is CCOc1cccc(C(=O)N(C)c2ccccc2C(=O)NCc2ccccc2)c1. The molecule has 0 aromatic heterocycles. The lowest BCUT2D eigenvalue weighted by molar-refractivity contribution is 0.0951. The first-order valence-corrected chi connectivity index (χ1v) is 9.52. The number of hydrogen-bond acceptors (Lipinski definition) is 3. The van der Waals surface area contributed by atoms with Crippen LogP contribution in [0.15, 0.2) is 78.9 Å². The number of rotatable bonds is 7. The smallest absolute Gasteiger partial charge is 0.258 e. The van der Waals surface area contributed by atoms with Gasteiger partial charge in [0.1, 0.15) is 5.75 Å². The third kappa shape index (κ3) is 5.02. The Kier molecular flexibility index (Phi) is 6.63. The molecule has 148 valence electrons. The summed E-state index contributed by atoms with van der Waals surface area (Å²) in [6.45, 7) is 2.84. The van der Waals surface area contributed by atoms with Crippen LogP contribution in [0.4, 0.5) is 5.69 Å². The van der Waals surface area contributed by atoms with Crippen molar-refractivity contribution in [2.24, 2.45) is 0 Å². The maximum Gasteiger partial charge on any atom is 0.258 e. The first-order chi connectivity index (χ1) is 14.1. The average Bonchev–Trinajstić information content (AvgIpc) is 2.77. The van der Waals surface area contributed by atoms with E-state index in [1.807, 2.05) is 49.4 Å². The molecule has 0 unspecified atom stereocenters. The van der Waals surface area contributed by atoms with Gasteiger partial charge in [0, 0.05) is 19.2 Å². The largest absolute Gasteiger partial charge is 0.494 e. The summed E-state index contributed by atoms with van der Waals surface area (Å²) >= 11 is 0. The van der Waals surface area contributed by atoms with Crippen molar-refractivity contribution in [3.05, 3.63) is 95.6 Å². The van der Waals surface area contributed by atoms with Crippen molar-refractivity contribution in [1.29, 1.82) is 0 Å². The maximum absolute atomic E-state index is 13.0. The highest BCUT2D eigenvalue weighted by atomic mass is 16.5. The number of ether oxygens (including phenoxy) is 1. The Hall–Kier alpha value is -3.60. The van der Waals surface area contributed by atoms with E-state index >= 15 is 0 Å². The van der Waals surface area contributed by atoms with Gasteiger partial charge in [0.05, 0.1) is 17.9 Å². The van der Waals surface area contributed by atoms with Gasteiger partial charge in [-0.05, 0) is 42.8 Å². The molecule has 0 saturated carbocycles. The van der Waals surface area contributed by atoms with Gasteiger partial charge in [-0.2, -0.15) is 0 Å². The minimum atomic E-state index is -0.229. The van der Waals surface area contributed by atoms with E-state index in [2.05, 4.69) is 5.32 Å². The quantitative estimate of drug-likeness (QED) is 0.657. The van der Waals surface area contributed by atoms with Crippen LogP contribution < -0.4 is 15.0 Å². The van der Waals surface area contributed by atoms with Crippen LogP contribution in [-0.4, -0.2) is 25.5 Å². The molecule has 2 amide bonds. The standard InChI is InChI=1S/C24H24N2O3/c1-3-29-20-13-9-12-19(16-20)24(28)26(2)22-15-8-7-14-21(22)23(27)25-17-18-10-5-4-6-11-18/h4-16H,3,17H2,1-2H3,(H,25,27). The van der Waals surface area contributed by atoms with Crippen molar-refractivity contribution in [3.8, 4) is 5.75 Å². The third-order valence-corrected chi connectivity index (χ3v) is 4.50. The third-order valence-electron chi connectivity index (χ3n) is 4.50. The normalized spacial score (nSPS) is 10.3. The molecule has 0 fully saturated rings. The van der Waals surface area contributed by atoms with Gasteiger partial charge >= 0.3 is 0 Å². The zero-order valence-corrected chi connectivity index (χ0v) is 16.6. The summed E-state index contributed by atoms with van der Waals surface area (Å²) < 4.78 is 5.48. The van der Waals surface area contributed by atoms with Crippen molar-refractivity contribution in [2.75, 3.05) is 18.6 Å². The number of nitrogens with one attached hydrogen (secondary N) is 1. The molecule has 1 N–H and O–H groups in total. The van der Waals surface area contributed by atoms with Gasteiger partial charge in [0.25, 0.3) is 11.8 Å². The molecule has 0 atom stereocenters. The van der Waals surface area contributed by atoms with Crippen LogP contribution in [-0.2, 0) is 6.54 Å². The number of para-hydroxylation sites is 1. The highest BCUT2D eigenvalue weighted by Crippen LogP contribution is 2.23. The summed E-state index contributed by atoms with van der Waals surface area (Å²) in [7, 11) is 1.67. The molecule has 29 heavy (non-hydrogen) atoms. The zero-order valence-electron chi connectivity index (χ0n) is 16.6. The molecular weight excluding hydrogens is 364 g/mol. The molecule has 0 aliphatic rings. The van der Waals surface area contributed by atoms with Crippen LogP contribution in [0.25, 0.3) is 0 Å². The second kappa shape index (κ2) is 9.55. The van der Waals surface area contributed by atoms with E-state index in [-0.39, 0.29) is 11.8 Å². The fourth-order valence-electron chi connectivity index (χ4n) is 3.02. The van der Waals surface area contributed by atoms with E-state index in [0.717, 1.165) is 5.56 Å². The Bertz CT molecular complexity index is 986. The monoisotopic (exact) mass is 388 g/mol. The first-order valence-electron chi connectivity index (χ1n) is 9.52. The zero-order chi connectivity index (χ0) is 20.6. The number of carbonyl (C=O) groups is 2. The van der Waals surface area contributed by atoms with Gasteiger partial charge in [-0.15, -0.1) is 0 Å². The molecule has 5 heteroatoms. The Morgan fingerprint density at radius 1 is 0.931 bits per heavy atom. The Morgan fingerprint density at radius 2 is 1.66 bits per heavy atom. The van der Waals surface area contributed by atoms with E-state index in [1.165, 1.54) is 4.90 Å². The van der Waals surface area contributed by atoms with Crippen molar-refractivity contribution in [1.82, 2.24) is 5.32 Å². The molecule has 0 heterocycles. The number of amides is 2. The van der Waals surface area contributed by atoms with E-state index in [0.29, 0.717) is 35.7 Å². The van der Waals surface area contributed by atoms with Crippen LogP contribution in [0.2, 0.25) is 0 Å². The lowest BCUT2D eigenvalue weighted by Gasteiger charge is -2.21. The lowest BCUT2D eigenvalue weighted by atomic mass is 10.1. The van der Waals surface area contributed by atoms with Crippen LogP contribution in [0, 0.1) is 0 Å². The first kappa shape index (κ1) is 20.1. The number of benzene rings is 3. The van der Waals surface area contributed by atoms with Crippen LogP contribution in [0.1, 0.15) is 33.2 Å². The Balaban J connectivity index is 1.79. The lowest BCUT2D eigenvalue weighted by Crippen LogP contribution is -2.30. The van der Waals surface area contributed by atoms with Gasteiger partial charge in [-0.25, -0.2) is 0 Å². The molecule has 0 aliphatic heterocycles. The van der Waals surface area contributed by atoms with Crippen molar-refractivity contribution in [2.45, 2.75) is 13.5 Å². The van der Waals surface area contributed by atoms with Crippen LogP contribution >= 0.6 is 0 Å². The highest BCUT2D eigenvalue weighted by molar-refractivity contribution is 6.10. The van der Waals surface area contributed by atoms with Crippen molar-refractivity contribution in [3.63, 3.8) is 0 Å². The van der Waals surface area contributed by atoms with Crippen molar-refractivity contribution < 1.29 is 14.3 Å². The average molecular weight is 388 g/mol. The molecule has 0 aliphatic carbocycles. The minimum absolute atomic E-state index is 0.213. The summed E-state index contributed by atoms with van der Waals surface area (Å²) in [5.74, 6) is 0.197. The minimum Gasteiger partial charge on any atom is -0.494 e. The van der Waals surface area contributed by atoms with Gasteiger partial charge in [-0.3, -0.25) is 9.59 Å². The number of anilines is 1. The van der Waals surface area contributed by atoms with E-state index in [9.17, 15) is 9.59 Å². The second-order valence-electron chi connectivity index (χ2n) is 6.51. The molecule has 0 saturated heterocycles.